The maximum atomic E-state index is 12.4. The molecule has 1 fully saturated rings. The van der Waals surface area contributed by atoms with Crippen LogP contribution in [0.1, 0.15) is 12.5 Å². The van der Waals surface area contributed by atoms with Crippen molar-refractivity contribution in [1.29, 1.82) is 0 Å². The first kappa shape index (κ1) is 15.6. The Kier molecular flexibility index (Phi) is 4.38. The molecule has 1 aromatic rings. The van der Waals surface area contributed by atoms with E-state index in [1.165, 1.54) is 0 Å². The molecule has 7 nitrogen and oxygen atoms in total. The Morgan fingerprint density at radius 3 is 2.78 bits per heavy atom. The lowest BCUT2D eigenvalue weighted by Crippen LogP contribution is -2.56. The SMILES string of the molecule is CCOC(=O)N1CCN(C2Cc3ccc(N)cc3NC2=O)CC1. The summed E-state index contributed by atoms with van der Waals surface area (Å²) in [4.78, 5) is 27.9. The molecule has 2 heterocycles. The van der Waals surface area contributed by atoms with Crippen LogP contribution < -0.4 is 11.1 Å². The number of hydrogen-bond acceptors (Lipinski definition) is 5. The minimum Gasteiger partial charge on any atom is -0.450 e. The molecule has 23 heavy (non-hydrogen) atoms. The van der Waals surface area contributed by atoms with Crippen LogP contribution in [0.5, 0.6) is 0 Å². The van der Waals surface area contributed by atoms with Crippen molar-refractivity contribution >= 4 is 23.4 Å². The van der Waals surface area contributed by atoms with E-state index in [0.717, 1.165) is 11.3 Å². The Morgan fingerprint density at radius 2 is 2.09 bits per heavy atom. The van der Waals surface area contributed by atoms with Crippen molar-refractivity contribution in [1.82, 2.24) is 9.80 Å². The van der Waals surface area contributed by atoms with Gasteiger partial charge in [-0.2, -0.15) is 0 Å². The molecule has 0 aliphatic carbocycles. The number of rotatable bonds is 2. The molecule has 2 amide bonds. The van der Waals surface area contributed by atoms with Gasteiger partial charge in [0.25, 0.3) is 0 Å². The highest BCUT2D eigenvalue weighted by molar-refractivity contribution is 5.98. The van der Waals surface area contributed by atoms with Crippen LogP contribution in [-0.4, -0.2) is 60.6 Å². The van der Waals surface area contributed by atoms with Gasteiger partial charge in [0, 0.05) is 37.6 Å². The fraction of sp³-hybridized carbons (Fsp3) is 0.500. The van der Waals surface area contributed by atoms with Gasteiger partial charge in [0.2, 0.25) is 5.91 Å². The molecule has 1 saturated heterocycles. The molecule has 2 aliphatic rings. The first-order valence-corrected chi connectivity index (χ1v) is 7.93. The van der Waals surface area contributed by atoms with Gasteiger partial charge in [-0.15, -0.1) is 0 Å². The highest BCUT2D eigenvalue weighted by Crippen LogP contribution is 2.27. The van der Waals surface area contributed by atoms with Crippen molar-refractivity contribution < 1.29 is 14.3 Å². The number of carbonyl (C=O) groups is 2. The van der Waals surface area contributed by atoms with Crippen molar-refractivity contribution in [2.45, 2.75) is 19.4 Å². The zero-order valence-electron chi connectivity index (χ0n) is 13.2. The predicted octanol–water partition coefficient (Wildman–Crippen LogP) is 0.906. The van der Waals surface area contributed by atoms with Crippen molar-refractivity contribution in [3.63, 3.8) is 0 Å². The number of amides is 2. The maximum absolute atomic E-state index is 12.4. The lowest BCUT2D eigenvalue weighted by Gasteiger charge is -2.39. The smallest absolute Gasteiger partial charge is 0.409 e. The molecule has 0 radical (unpaired) electrons. The number of ether oxygens (including phenoxy) is 1. The normalized spacial score (nSPS) is 21.5. The number of nitrogens with two attached hydrogens (primary N) is 1. The summed E-state index contributed by atoms with van der Waals surface area (Å²) in [5, 5.41) is 2.94. The van der Waals surface area contributed by atoms with Crippen LogP contribution in [0.15, 0.2) is 18.2 Å². The van der Waals surface area contributed by atoms with Crippen LogP contribution in [0, 0.1) is 0 Å². The average Bonchev–Trinajstić information content (AvgIpc) is 2.54. The third-order valence-electron chi connectivity index (χ3n) is 4.39. The Balaban J connectivity index is 1.64. The highest BCUT2D eigenvalue weighted by atomic mass is 16.6. The molecular formula is C16H22N4O3. The summed E-state index contributed by atoms with van der Waals surface area (Å²) < 4.78 is 5.02. The molecule has 3 N–H and O–H groups in total. The number of anilines is 2. The first-order valence-electron chi connectivity index (χ1n) is 7.93. The van der Waals surface area contributed by atoms with E-state index in [1.54, 1.807) is 17.9 Å². The van der Waals surface area contributed by atoms with Crippen LogP contribution in [0.3, 0.4) is 0 Å². The van der Waals surface area contributed by atoms with Crippen LogP contribution in [-0.2, 0) is 16.0 Å². The van der Waals surface area contributed by atoms with Crippen molar-refractivity contribution in [2.75, 3.05) is 43.8 Å². The van der Waals surface area contributed by atoms with Gasteiger partial charge in [-0.3, -0.25) is 9.69 Å². The van der Waals surface area contributed by atoms with Gasteiger partial charge in [-0.25, -0.2) is 4.79 Å². The zero-order chi connectivity index (χ0) is 16.4. The Labute approximate surface area is 135 Å². The summed E-state index contributed by atoms with van der Waals surface area (Å²) >= 11 is 0. The van der Waals surface area contributed by atoms with Crippen molar-refractivity contribution in [3.8, 4) is 0 Å². The highest BCUT2D eigenvalue weighted by Gasteiger charge is 2.34. The molecule has 7 heteroatoms. The summed E-state index contributed by atoms with van der Waals surface area (Å²) in [7, 11) is 0. The fourth-order valence-corrected chi connectivity index (χ4v) is 3.13. The number of nitrogens with one attached hydrogen (secondary N) is 1. The van der Waals surface area contributed by atoms with Crippen LogP contribution in [0.25, 0.3) is 0 Å². The first-order chi connectivity index (χ1) is 11.1. The third kappa shape index (κ3) is 3.24. The number of nitrogen functional groups attached to an aromatic ring is 1. The van der Waals surface area contributed by atoms with Crippen LogP contribution in [0.4, 0.5) is 16.2 Å². The van der Waals surface area contributed by atoms with Gasteiger partial charge in [-0.05, 0) is 31.0 Å². The van der Waals surface area contributed by atoms with E-state index < -0.39 is 0 Å². The Morgan fingerprint density at radius 1 is 1.35 bits per heavy atom. The van der Waals surface area contributed by atoms with Gasteiger partial charge in [0.15, 0.2) is 0 Å². The molecule has 124 valence electrons. The summed E-state index contributed by atoms with van der Waals surface area (Å²) in [6.45, 7) is 4.67. The lowest BCUT2D eigenvalue weighted by molar-refractivity contribution is -0.122. The molecule has 2 aliphatic heterocycles. The number of hydrogen-bond donors (Lipinski definition) is 2. The van der Waals surface area contributed by atoms with Gasteiger partial charge in [0.05, 0.1) is 12.6 Å². The van der Waals surface area contributed by atoms with E-state index >= 15 is 0 Å². The number of piperazine rings is 1. The molecular weight excluding hydrogens is 296 g/mol. The molecule has 1 unspecified atom stereocenters. The molecule has 1 atom stereocenters. The van der Waals surface area contributed by atoms with Crippen molar-refractivity contribution in [2.24, 2.45) is 0 Å². The average molecular weight is 318 g/mol. The van der Waals surface area contributed by atoms with Crippen LogP contribution >= 0.6 is 0 Å². The third-order valence-corrected chi connectivity index (χ3v) is 4.39. The topological polar surface area (TPSA) is 87.9 Å². The van der Waals surface area contributed by atoms with Gasteiger partial charge in [-0.1, -0.05) is 6.07 Å². The zero-order valence-corrected chi connectivity index (χ0v) is 13.2. The molecule has 1 aromatic carbocycles. The van der Waals surface area contributed by atoms with Gasteiger partial charge in [0.1, 0.15) is 0 Å². The Bertz CT molecular complexity index is 611. The van der Waals surface area contributed by atoms with Crippen molar-refractivity contribution in [3.05, 3.63) is 23.8 Å². The van der Waals surface area contributed by atoms with Gasteiger partial charge >= 0.3 is 6.09 Å². The maximum Gasteiger partial charge on any atom is 0.409 e. The van der Waals surface area contributed by atoms with E-state index in [1.807, 2.05) is 12.1 Å². The molecule has 0 saturated carbocycles. The molecule has 3 rings (SSSR count). The summed E-state index contributed by atoms with van der Waals surface area (Å²) in [6.07, 6.45) is 0.391. The lowest BCUT2D eigenvalue weighted by atomic mass is 9.97. The quantitative estimate of drug-likeness (QED) is 0.791. The number of fused-ring (bicyclic) bond motifs is 1. The summed E-state index contributed by atoms with van der Waals surface area (Å²) in [6, 6.07) is 5.41. The fourth-order valence-electron chi connectivity index (χ4n) is 3.13. The van der Waals surface area contributed by atoms with Crippen LogP contribution in [0.2, 0.25) is 0 Å². The summed E-state index contributed by atoms with van der Waals surface area (Å²) in [5.41, 5.74) is 8.30. The predicted molar refractivity (Wildman–Crippen MR) is 87.1 cm³/mol. The number of carbonyl (C=O) groups excluding carboxylic acids is 2. The minimum absolute atomic E-state index is 0.00677. The Hall–Kier alpha value is -2.28. The number of benzene rings is 1. The summed E-state index contributed by atoms with van der Waals surface area (Å²) in [5.74, 6) is -0.00677. The molecule has 0 aromatic heterocycles. The van der Waals surface area contributed by atoms with E-state index in [-0.39, 0.29) is 18.0 Å². The molecule has 0 spiro atoms. The monoisotopic (exact) mass is 318 g/mol. The van der Waals surface area contributed by atoms with E-state index in [9.17, 15) is 9.59 Å². The molecule has 0 bridgehead atoms. The second-order valence-electron chi connectivity index (χ2n) is 5.85. The standard InChI is InChI=1S/C16H22N4O3/c1-2-23-16(22)20-7-5-19(6-8-20)14-9-11-3-4-12(17)10-13(11)18-15(14)21/h3-4,10,14H,2,5-9,17H2,1H3,(H,18,21). The number of nitrogens with zero attached hydrogens (tertiary/aromatic N) is 2. The van der Waals surface area contributed by atoms with Gasteiger partial charge < -0.3 is 20.7 Å². The van der Waals surface area contributed by atoms with E-state index in [0.29, 0.717) is 44.9 Å². The van der Waals surface area contributed by atoms with E-state index in [4.69, 9.17) is 10.5 Å². The second kappa shape index (κ2) is 6.45. The largest absolute Gasteiger partial charge is 0.450 e. The van der Waals surface area contributed by atoms with E-state index in [2.05, 4.69) is 10.2 Å². The second-order valence-corrected chi connectivity index (χ2v) is 5.85. The minimum atomic E-state index is -0.277.